The highest BCUT2D eigenvalue weighted by molar-refractivity contribution is 8.00. The quantitative estimate of drug-likeness (QED) is 0.573. The Hall–Kier alpha value is -0.710. The van der Waals surface area contributed by atoms with Gasteiger partial charge in [-0.05, 0) is 12.8 Å². The summed E-state index contributed by atoms with van der Waals surface area (Å²) >= 11 is 1.94. The van der Waals surface area contributed by atoms with Crippen LogP contribution in [0.1, 0.15) is 39.5 Å². The summed E-state index contributed by atoms with van der Waals surface area (Å²) in [7, 11) is 0. The topological polar surface area (TPSA) is 58.2 Å². The zero-order valence-corrected chi connectivity index (χ0v) is 11.9. The first-order valence-electron chi connectivity index (χ1n) is 6.79. The third kappa shape index (κ3) is 3.19. The van der Waals surface area contributed by atoms with Crippen LogP contribution in [0.2, 0.25) is 0 Å². The number of rotatable bonds is 6. The highest BCUT2D eigenvalue weighted by Crippen LogP contribution is 2.33. The molecular formula is C13H22N2O2S. The number of amides is 2. The lowest BCUT2D eigenvalue weighted by Crippen LogP contribution is -2.36. The predicted molar refractivity (Wildman–Crippen MR) is 73.8 cm³/mol. The maximum atomic E-state index is 11.5. The molecule has 2 aliphatic rings. The van der Waals surface area contributed by atoms with Gasteiger partial charge in [-0.2, -0.15) is 11.8 Å². The second kappa shape index (κ2) is 5.95. The van der Waals surface area contributed by atoms with Crippen molar-refractivity contribution in [1.82, 2.24) is 10.6 Å². The molecule has 0 aliphatic carbocycles. The van der Waals surface area contributed by atoms with Gasteiger partial charge in [0.05, 0.1) is 12.1 Å². The van der Waals surface area contributed by atoms with E-state index in [1.807, 2.05) is 25.6 Å². The Kier molecular flexibility index (Phi) is 4.54. The Morgan fingerprint density at radius 1 is 1.39 bits per heavy atom. The van der Waals surface area contributed by atoms with Crippen LogP contribution in [0.25, 0.3) is 0 Å². The zero-order chi connectivity index (χ0) is 13.1. The van der Waals surface area contributed by atoms with Crippen molar-refractivity contribution in [2.45, 2.75) is 56.9 Å². The number of urea groups is 1. The van der Waals surface area contributed by atoms with Crippen molar-refractivity contribution in [2.75, 3.05) is 5.75 Å². The number of Topliss-reactive ketones (excluding diaryl/α,β-unsaturated/α-hetero) is 1. The molecule has 3 atom stereocenters. The molecule has 2 N–H and O–H groups in total. The zero-order valence-electron chi connectivity index (χ0n) is 11.1. The van der Waals surface area contributed by atoms with Gasteiger partial charge in [-0.3, -0.25) is 4.79 Å². The molecule has 102 valence electrons. The molecule has 0 saturated carbocycles. The number of nitrogens with one attached hydrogen (secondary N) is 2. The van der Waals surface area contributed by atoms with E-state index in [1.54, 1.807) is 0 Å². The molecule has 2 rings (SSSR count). The van der Waals surface area contributed by atoms with Gasteiger partial charge in [-0.15, -0.1) is 0 Å². The van der Waals surface area contributed by atoms with E-state index in [1.165, 1.54) is 0 Å². The van der Waals surface area contributed by atoms with Crippen molar-refractivity contribution in [1.29, 1.82) is 0 Å². The van der Waals surface area contributed by atoms with Crippen LogP contribution in [0.4, 0.5) is 4.79 Å². The highest BCUT2D eigenvalue weighted by Gasteiger charge is 2.42. The Morgan fingerprint density at radius 2 is 2.17 bits per heavy atom. The summed E-state index contributed by atoms with van der Waals surface area (Å²) in [4.78, 5) is 22.7. The lowest BCUT2D eigenvalue weighted by atomic mass is 10.00. The fourth-order valence-corrected chi connectivity index (χ4v) is 4.12. The van der Waals surface area contributed by atoms with Gasteiger partial charge in [0.15, 0.2) is 0 Å². The van der Waals surface area contributed by atoms with E-state index in [2.05, 4.69) is 10.6 Å². The van der Waals surface area contributed by atoms with Gasteiger partial charge >= 0.3 is 6.03 Å². The summed E-state index contributed by atoms with van der Waals surface area (Å²) in [6.07, 6.45) is 3.86. The Labute approximate surface area is 113 Å². The number of carbonyl (C=O) groups excluding carboxylic acids is 2. The summed E-state index contributed by atoms with van der Waals surface area (Å²) in [6.45, 7) is 3.92. The maximum absolute atomic E-state index is 11.5. The summed E-state index contributed by atoms with van der Waals surface area (Å²) in [6, 6.07) is 0.582. The number of ketones is 1. The van der Waals surface area contributed by atoms with Crippen molar-refractivity contribution in [3.8, 4) is 0 Å². The molecule has 0 unspecified atom stereocenters. The van der Waals surface area contributed by atoms with Crippen molar-refractivity contribution >= 4 is 23.6 Å². The van der Waals surface area contributed by atoms with Gasteiger partial charge in [0.25, 0.3) is 0 Å². The molecule has 0 aromatic carbocycles. The van der Waals surface area contributed by atoms with Gasteiger partial charge in [-0.1, -0.05) is 20.3 Å². The Bertz CT molecular complexity index is 333. The minimum absolute atomic E-state index is 0.0229. The molecule has 2 amide bonds. The number of thioether (sulfide) groups is 1. The van der Waals surface area contributed by atoms with Crippen molar-refractivity contribution in [3.05, 3.63) is 0 Å². The first kappa shape index (κ1) is 13.7. The number of hydrogen-bond acceptors (Lipinski definition) is 3. The number of fused-ring (bicyclic) bond motifs is 1. The Morgan fingerprint density at radius 3 is 2.89 bits per heavy atom. The van der Waals surface area contributed by atoms with Crippen LogP contribution in [-0.4, -0.2) is 34.9 Å². The molecule has 0 aromatic heterocycles. The lowest BCUT2D eigenvalue weighted by molar-refractivity contribution is -0.122. The first-order chi connectivity index (χ1) is 8.58. The SMILES string of the molecule is CC(C)C(=O)CCCC[C@@H]1SC[C@@H]2NC(=O)N[C@@H]21. The van der Waals surface area contributed by atoms with E-state index in [0.29, 0.717) is 29.5 Å². The van der Waals surface area contributed by atoms with Crippen molar-refractivity contribution in [2.24, 2.45) is 5.92 Å². The van der Waals surface area contributed by atoms with Gasteiger partial charge in [0, 0.05) is 23.3 Å². The van der Waals surface area contributed by atoms with E-state index in [9.17, 15) is 9.59 Å². The number of carbonyl (C=O) groups is 2. The smallest absolute Gasteiger partial charge is 0.315 e. The monoisotopic (exact) mass is 270 g/mol. The predicted octanol–water partition coefficient (Wildman–Crippen LogP) is 1.94. The molecule has 2 aliphatic heterocycles. The average molecular weight is 270 g/mol. The van der Waals surface area contributed by atoms with Crippen LogP contribution in [0.5, 0.6) is 0 Å². The standard InChI is InChI=1S/C13H22N2O2S/c1-8(2)10(16)5-3-4-6-11-12-9(7-18-11)14-13(17)15-12/h8-9,11-12H,3-7H2,1-2H3,(H2,14,15,17)/t9-,11-,12-/m0/s1. The van der Waals surface area contributed by atoms with E-state index in [0.717, 1.165) is 25.0 Å². The van der Waals surface area contributed by atoms with Crippen LogP contribution in [0.3, 0.4) is 0 Å². The van der Waals surface area contributed by atoms with Crippen LogP contribution in [0, 0.1) is 5.92 Å². The van der Waals surface area contributed by atoms with Crippen LogP contribution in [0.15, 0.2) is 0 Å². The maximum Gasteiger partial charge on any atom is 0.315 e. The highest BCUT2D eigenvalue weighted by atomic mass is 32.2. The summed E-state index contributed by atoms with van der Waals surface area (Å²) in [5, 5.41) is 6.46. The minimum atomic E-state index is -0.0229. The van der Waals surface area contributed by atoms with Gasteiger partial charge < -0.3 is 10.6 Å². The van der Waals surface area contributed by atoms with Gasteiger partial charge in [0.1, 0.15) is 5.78 Å². The van der Waals surface area contributed by atoms with Gasteiger partial charge in [0.2, 0.25) is 0 Å². The third-order valence-corrected chi connectivity index (χ3v) is 5.25. The van der Waals surface area contributed by atoms with E-state index in [4.69, 9.17) is 0 Å². The fraction of sp³-hybridized carbons (Fsp3) is 0.846. The minimum Gasteiger partial charge on any atom is -0.332 e. The molecular weight excluding hydrogens is 248 g/mol. The summed E-state index contributed by atoms with van der Waals surface area (Å²) in [5.74, 6) is 1.54. The van der Waals surface area contributed by atoms with Crippen molar-refractivity contribution < 1.29 is 9.59 Å². The van der Waals surface area contributed by atoms with Crippen LogP contribution < -0.4 is 10.6 Å². The molecule has 2 heterocycles. The molecule has 2 saturated heterocycles. The second-order valence-electron chi connectivity index (χ2n) is 5.49. The van der Waals surface area contributed by atoms with E-state index in [-0.39, 0.29) is 11.9 Å². The Balaban J connectivity index is 1.66. The molecule has 0 aromatic rings. The number of hydrogen-bond donors (Lipinski definition) is 2. The van der Waals surface area contributed by atoms with Crippen LogP contribution in [-0.2, 0) is 4.79 Å². The van der Waals surface area contributed by atoms with Crippen LogP contribution >= 0.6 is 11.8 Å². The molecule has 18 heavy (non-hydrogen) atoms. The number of unbranched alkanes of at least 4 members (excludes halogenated alkanes) is 1. The fourth-order valence-electron chi connectivity index (χ4n) is 2.58. The first-order valence-corrected chi connectivity index (χ1v) is 7.84. The molecule has 4 nitrogen and oxygen atoms in total. The lowest BCUT2D eigenvalue weighted by Gasteiger charge is -2.16. The third-order valence-electron chi connectivity index (χ3n) is 3.74. The summed E-state index contributed by atoms with van der Waals surface area (Å²) in [5.41, 5.74) is 0. The van der Waals surface area contributed by atoms with E-state index >= 15 is 0 Å². The molecule has 0 spiro atoms. The molecule has 5 heteroatoms. The second-order valence-corrected chi connectivity index (χ2v) is 6.76. The van der Waals surface area contributed by atoms with Gasteiger partial charge in [-0.25, -0.2) is 4.79 Å². The largest absolute Gasteiger partial charge is 0.332 e. The van der Waals surface area contributed by atoms with Crippen molar-refractivity contribution in [3.63, 3.8) is 0 Å². The normalized spacial score (nSPS) is 30.2. The summed E-state index contributed by atoms with van der Waals surface area (Å²) < 4.78 is 0. The molecule has 0 radical (unpaired) electrons. The van der Waals surface area contributed by atoms with E-state index < -0.39 is 0 Å². The molecule has 0 bridgehead atoms. The average Bonchev–Trinajstić information content (AvgIpc) is 2.84. The molecule has 2 fully saturated rings.